The van der Waals surface area contributed by atoms with E-state index in [1.165, 1.54) is 32.1 Å². The number of nitrogens with one attached hydrogen (secondary N) is 2. The molecule has 3 fully saturated rings. The van der Waals surface area contributed by atoms with E-state index in [1.54, 1.807) is 17.9 Å². The standard InChI is InChI=1S/C11H16ClN3O.C10H13NO.C4H8O2S/c1-13-9-7-14-15(11(16)10(9)12)8-5-3-2-4-6-8;12-7-8-1-3-9(4-2-8)11-10-5-6-10;5-7-3-1-6-2-4-7/h7-8,13H,2-6H2,1H3;1-4,10-12H,5-7H2;1-4H2. The first-order valence-electron chi connectivity index (χ1n) is 12.4. The Bertz CT molecular complexity index is 984. The van der Waals surface area contributed by atoms with Crippen LogP contribution in [0.4, 0.5) is 11.4 Å². The number of ether oxygens (including phenoxy) is 1. The van der Waals surface area contributed by atoms with Gasteiger partial charge in [-0.15, -0.1) is 0 Å². The summed E-state index contributed by atoms with van der Waals surface area (Å²) < 4.78 is 17.0. The molecule has 5 rings (SSSR count). The van der Waals surface area contributed by atoms with Crippen LogP contribution in [0.2, 0.25) is 5.02 Å². The van der Waals surface area contributed by atoms with Gasteiger partial charge in [-0.05, 0) is 43.4 Å². The molecule has 1 aromatic heterocycles. The molecule has 3 N–H and O–H groups in total. The molecular formula is C25H37ClN4O4S. The zero-order valence-electron chi connectivity index (χ0n) is 20.4. The van der Waals surface area contributed by atoms with E-state index in [0.717, 1.165) is 35.6 Å². The maximum atomic E-state index is 12.0. The topological polar surface area (TPSA) is 105 Å². The van der Waals surface area contributed by atoms with Gasteiger partial charge in [0.1, 0.15) is 5.02 Å². The fourth-order valence-corrected chi connectivity index (χ4v) is 4.92. The largest absolute Gasteiger partial charge is 0.392 e. The van der Waals surface area contributed by atoms with Crippen LogP contribution in [0.3, 0.4) is 0 Å². The van der Waals surface area contributed by atoms with E-state index in [4.69, 9.17) is 21.4 Å². The van der Waals surface area contributed by atoms with Crippen molar-refractivity contribution >= 4 is 33.8 Å². The Hall–Kier alpha value is -1.94. The smallest absolute Gasteiger partial charge is 0.287 e. The Morgan fingerprint density at radius 3 is 2.29 bits per heavy atom. The molecule has 1 aromatic carbocycles. The first-order chi connectivity index (χ1) is 17.0. The lowest BCUT2D eigenvalue weighted by atomic mass is 9.96. The van der Waals surface area contributed by atoms with E-state index in [2.05, 4.69) is 15.7 Å². The van der Waals surface area contributed by atoms with Gasteiger partial charge in [0.25, 0.3) is 5.56 Å². The van der Waals surface area contributed by atoms with Crippen molar-refractivity contribution in [2.75, 3.05) is 42.4 Å². The molecule has 2 aromatic rings. The van der Waals surface area contributed by atoms with Gasteiger partial charge in [0.2, 0.25) is 0 Å². The van der Waals surface area contributed by atoms with Crippen LogP contribution in [0.5, 0.6) is 0 Å². The van der Waals surface area contributed by atoms with Crippen LogP contribution in [0, 0.1) is 0 Å². The number of rotatable bonds is 5. The van der Waals surface area contributed by atoms with E-state index in [1.807, 2.05) is 24.3 Å². The molecule has 0 spiro atoms. The van der Waals surface area contributed by atoms with E-state index in [0.29, 0.717) is 24.9 Å². The van der Waals surface area contributed by atoms with Crippen molar-refractivity contribution in [3.8, 4) is 0 Å². The second-order valence-electron chi connectivity index (χ2n) is 8.90. The lowest BCUT2D eigenvalue weighted by Crippen LogP contribution is -2.29. The van der Waals surface area contributed by atoms with Crippen molar-refractivity contribution in [3.05, 3.63) is 51.4 Å². The summed E-state index contributed by atoms with van der Waals surface area (Å²) in [6, 6.07) is 8.86. The molecule has 0 amide bonds. The number of halogens is 1. The molecule has 0 unspecified atom stereocenters. The maximum Gasteiger partial charge on any atom is 0.287 e. The van der Waals surface area contributed by atoms with Gasteiger partial charge in [-0.3, -0.25) is 9.00 Å². The second-order valence-corrected chi connectivity index (χ2v) is 11.0. The number of hydrogen-bond acceptors (Lipinski definition) is 7. The van der Waals surface area contributed by atoms with Crippen molar-refractivity contribution < 1.29 is 14.1 Å². The Labute approximate surface area is 214 Å². The number of benzene rings is 1. The Morgan fingerprint density at radius 1 is 1.11 bits per heavy atom. The predicted molar refractivity (Wildman–Crippen MR) is 143 cm³/mol. The number of nitrogens with zero attached hydrogens (tertiary/aromatic N) is 2. The second kappa shape index (κ2) is 14.6. The fourth-order valence-electron chi connectivity index (χ4n) is 3.88. The summed E-state index contributed by atoms with van der Waals surface area (Å²) in [7, 11) is 1.16. The molecule has 0 radical (unpaired) electrons. The van der Waals surface area contributed by atoms with Gasteiger partial charge in [-0.25, -0.2) is 4.68 Å². The molecule has 35 heavy (non-hydrogen) atoms. The minimum atomic E-state index is -0.565. The monoisotopic (exact) mass is 524 g/mol. The highest BCUT2D eigenvalue weighted by molar-refractivity contribution is 7.85. The third kappa shape index (κ3) is 9.22. The zero-order chi connectivity index (χ0) is 25.0. The number of aliphatic hydroxyl groups is 1. The molecule has 2 aliphatic carbocycles. The van der Waals surface area contributed by atoms with Crippen LogP contribution in [0.1, 0.15) is 56.6 Å². The highest BCUT2D eigenvalue weighted by Gasteiger charge is 2.20. The Kier molecular flexibility index (Phi) is 11.5. The van der Waals surface area contributed by atoms with Gasteiger partial charge in [-0.1, -0.05) is 43.0 Å². The molecule has 0 bridgehead atoms. The minimum Gasteiger partial charge on any atom is -0.392 e. The first kappa shape index (κ1) is 27.6. The summed E-state index contributed by atoms with van der Waals surface area (Å²) >= 11 is 5.98. The number of hydrogen-bond donors (Lipinski definition) is 3. The van der Waals surface area contributed by atoms with Crippen LogP contribution < -0.4 is 16.2 Å². The summed E-state index contributed by atoms with van der Waals surface area (Å²) in [5.41, 5.74) is 2.55. The van der Waals surface area contributed by atoms with E-state index < -0.39 is 10.8 Å². The molecule has 8 nitrogen and oxygen atoms in total. The Balaban J connectivity index is 0.000000158. The third-order valence-electron chi connectivity index (χ3n) is 6.13. The van der Waals surface area contributed by atoms with Crippen LogP contribution >= 0.6 is 11.6 Å². The summed E-state index contributed by atoms with van der Waals surface area (Å²) in [5.74, 6) is 1.47. The Morgan fingerprint density at radius 2 is 1.77 bits per heavy atom. The number of anilines is 2. The third-order valence-corrected chi connectivity index (χ3v) is 7.74. The van der Waals surface area contributed by atoms with Crippen LogP contribution in [-0.4, -0.2) is 56.9 Å². The van der Waals surface area contributed by atoms with Gasteiger partial charge in [0.15, 0.2) is 0 Å². The lowest BCUT2D eigenvalue weighted by Gasteiger charge is -2.22. The van der Waals surface area contributed by atoms with Crippen molar-refractivity contribution in [3.63, 3.8) is 0 Å². The molecule has 194 valence electrons. The van der Waals surface area contributed by atoms with E-state index in [9.17, 15) is 9.00 Å². The molecule has 3 aliphatic rings. The van der Waals surface area contributed by atoms with Gasteiger partial charge >= 0.3 is 0 Å². The summed E-state index contributed by atoms with van der Waals surface area (Å²) in [6.45, 7) is 1.50. The summed E-state index contributed by atoms with van der Waals surface area (Å²) in [5, 5.41) is 19.5. The molecule has 2 saturated carbocycles. The van der Waals surface area contributed by atoms with E-state index >= 15 is 0 Å². The minimum absolute atomic E-state index is 0.129. The van der Waals surface area contributed by atoms with Gasteiger partial charge in [0.05, 0.1) is 37.7 Å². The lowest BCUT2D eigenvalue weighted by molar-refractivity contribution is 0.158. The molecule has 1 aliphatic heterocycles. The average Bonchev–Trinajstić information content (AvgIpc) is 3.72. The van der Waals surface area contributed by atoms with Crippen molar-refractivity contribution in [1.29, 1.82) is 0 Å². The van der Waals surface area contributed by atoms with Gasteiger partial charge < -0.3 is 20.5 Å². The first-order valence-corrected chi connectivity index (χ1v) is 14.2. The maximum absolute atomic E-state index is 12.0. The summed E-state index contributed by atoms with van der Waals surface area (Å²) in [6.07, 6.45) is 9.87. The average molecular weight is 525 g/mol. The highest BCUT2D eigenvalue weighted by Crippen LogP contribution is 2.27. The summed E-state index contributed by atoms with van der Waals surface area (Å²) in [4.78, 5) is 12.0. The molecule has 10 heteroatoms. The molecule has 1 saturated heterocycles. The van der Waals surface area contributed by atoms with Crippen LogP contribution in [0.15, 0.2) is 35.3 Å². The quantitative estimate of drug-likeness (QED) is 0.543. The fraction of sp³-hybridized carbons (Fsp3) is 0.600. The molecular weight excluding hydrogens is 488 g/mol. The van der Waals surface area contributed by atoms with Gasteiger partial charge in [0, 0.05) is 41.1 Å². The normalized spacial score (nSPS) is 18.5. The van der Waals surface area contributed by atoms with Crippen molar-refractivity contribution in [2.24, 2.45) is 0 Å². The van der Waals surface area contributed by atoms with Crippen LogP contribution in [0.25, 0.3) is 0 Å². The van der Waals surface area contributed by atoms with Gasteiger partial charge in [-0.2, -0.15) is 5.10 Å². The zero-order valence-corrected chi connectivity index (χ0v) is 22.0. The van der Waals surface area contributed by atoms with Crippen molar-refractivity contribution in [2.45, 2.75) is 63.6 Å². The molecule has 2 heterocycles. The van der Waals surface area contributed by atoms with Crippen molar-refractivity contribution in [1.82, 2.24) is 9.78 Å². The molecule has 0 atom stereocenters. The SMILES string of the molecule is CNc1cnn(C2CCCCC2)c(=O)c1Cl.O=S1CCOCC1.OCc1ccc(NC2CC2)cc1. The highest BCUT2D eigenvalue weighted by atomic mass is 35.5. The van der Waals surface area contributed by atoms with Crippen LogP contribution in [-0.2, 0) is 22.1 Å². The predicted octanol–water partition coefficient (Wildman–Crippen LogP) is 3.96. The number of aliphatic hydroxyl groups excluding tert-OH is 1. The number of aromatic nitrogens is 2. The van der Waals surface area contributed by atoms with E-state index in [-0.39, 0.29) is 23.2 Å².